The van der Waals surface area contributed by atoms with Crippen molar-refractivity contribution in [2.24, 2.45) is 0 Å². The lowest BCUT2D eigenvalue weighted by Crippen LogP contribution is -2.23. The molecule has 0 spiro atoms. The van der Waals surface area contributed by atoms with Crippen molar-refractivity contribution in [3.8, 4) is 28.6 Å². The summed E-state index contributed by atoms with van der Waals surface area (Å²) in [5.74, 6) is -4.78. The highest BCUT2D eigenvalue weighted by molar-refractivity contribution is 5.97. The van der Waals surface area contributed by atoms with Crippen molar-refractivity contribution in [2.45, 2.75) is 33.9 Å². The van der Waals surface area contributed by atoms with Gasteiger partial charge in [0.2, 0.25) is 11.3 Å². The van der Waals surface area contributed by atoms with E-state index in [1.807, 2.05) is 0 Å². The molecule has 0 atom stereocenters. The Morgan fingerprint density at radius 1 is 1.14 bits per heavy atom. The number of esters is 1. The molecule has 1 N–H and O–H groups in total. The number of hydrogen-bond acceptors (Lipinski definition) is 6. The molecular weight excluding hydrogens is 491 g/mol. The van der Waals surface area contributed by atoms with Crippen LogP contribution < -0.4 is 14.9 Å². The summed E-state index contributed by atoms with van der Waals surface area (Å²) in [5.41, 5.74) is -3.77. The number of halogens is 5. The highest BCUT2D eigenvalue weighted by atomic mass is 19.4. The summed E-state index contributed by atoms with van der Waals surface area (Å²) < 4.78 is 84.3. The fourth-order valence-electron chi connectivity index (χ4n) is 3.54. The van der Waals surface area contributed by atoms with Gasteiger partial charge < -0.3 is 19.2 Å². The van der Waals surface area contributed by atoms with E-state index in [1.165, 1.54) is 21.0 Å². The van der Waals surface area contributed by atoms with Crippen LogP contribution in [0.4, 0.5) is 22.0 Å². The molecule has 0 saturated heterocycles. The number of aromatic nitrogens is 2. The molecule has 0 amide bonds. The molecule has 0 bridgehead atoms. The molecule has 36 heavy (non-hydrogen) atoms. The van der Waals surface area contributed by atoms with Crippen LogP contribution in [-0.2, 0) is 10.9 Å². The first-order valence-electron chi connectivity index (χ1n) is 10.5. The molecule has 0 fully saturated rings. The Hall–Kier alpha value is -3.96. The summed E-state index contributed by atoms with van der Waals surface area (Å²) in [4.78, 5) is 32.2. The third kappa shape index (κ3) is 4.88. The Morgan fingerprint density at radius 2 is 1.81 bits per heavy atom. The minimum absolute atomic E-state index is 0.102. The molecule has 0 aliphatic carbocycles. The van der Waals surface area contributed by atoms with Crippen LogP contribution in [0.2, 0.25) is 0 Å². The maximum atomic E-state index is 14.1. The number of nitrogens with one attached hydrogen (secondary N) is 1. The lowest BCUT2D eigenvalue weighted by Gasteiger charge is -2.19. The Kier molecular flexibility index (Phi) is 7.37. The SMILES string of the molecule is CCOC(=O)c1c(-c2cc(C)c(C(F)(F)F)nc2Oc2ccc(F)c(F)c2C)[nH]c(C)c(OC)c1=O. The van der Waals surface area contributed by atoms with Gasteiger partial charge in [-0.05, 0) is 51.5 Å². The van der Waals surface area contributed by atoms with Crippen molar-refractivity contribution >= 4 is 5.97 Å². The summed E-state index contributed by atoms with van der Waals surface area (Å²) >= 11 is 0. The minimum atomic E-state index is -4.89. The van der Waals surface area contributed by atoms with E-state index in [9.17, 15) is 31.5 Å². The average Bonchev–Trinajstić information content (AvgIpc) is 2.79. The number of ether oxygens (including phenoxy) is 3. The van der Waals surface area contributed by atoms with E-state index in [1.54, 1.807) is 0 Å². The van der Waals surface area contributed by atoms with Gasteiger partial charge in [0.25, 0.3) is 0 Å². The van der Waals surface area contributed by atoms with Crippen molar-refractivity contribution in [3.05, 3.63) is 68.1 Å². The van der Waals surface area contributed by atoms with E-state index < -0.39 is 46.3 Å². The average molecular weight is 512 g/mol. The van der Waals surface area contributed by atoms with E-state index in [0.29, 0.717) is 0 Å². The molecule has 3 aromatic rings. The van der Waals surface area contributed by atoms with Crippen LogP contribution in [0.15, 0.2) is 23.0 Å². The minimum Gasteiger partial charge on any atom is -0.491 e. The second kappa shape index (κ2) is 9.96. The van der Waals surface area contributed by atoms with E-state index in [4.69, 9.17) is 14.2 Å². The Bertz CT molecular complexity index is 1400. The van der Waals surface area contributed by atoms with Gasteiger partial charge in [0.15, 0.2) is 23.1 Å². The third-order valence-corrected chi connectivity index (χ3v) is 5.23. The standard InChI is InChI=1S/C24H21F5N2O5/c1-6-35-23(33)16-18(30-12(4)20(34-5)19(16)32)13-9-10(2)21(24(27,28)29)31-22(13)36-15-8-7-14(25)17(26)11(15)3/h7-9H,6H2,1-5H3,(H,30,32). The van der Waals surface area contributed by atoms with E-state index in [-0.39, 0.29) is 46.2 Å². The molecule has 0 unspecified atom stereocenters. The smallest absolute Gasteiger partial charge is 0.433 e. The van der Waals surface area contributed by atoms with Crippen LogP contribution in [0.25, 0.3) is 11.3 Å². The summed E-state index contributed by atoms with van der Waals surface area (Å²) in [7, 11) is 1.20. The van der Waals surface area contributed by atoms with E-state index in [0.717, 1.165) is 32.0 Å². The van der Waals surface area contributed by atoms with Gasteiger partial charge in [0.05, 0.1) is 30.7 Å². The summed E-state index contributed by atoms with van der Waals surface area (Å²) in [5, 5.41) is 0. The maximum Gasteiger partial charge on any atom is 0.433 e. The van der Waals surface area contributed by atoms with Crippen molar-refractivity contribution < 1.29 is 41.0 Å². The Labute approximate surface area is 201 Å². The summed E-state index contributed by atoms with van der Waals surface area (Å²) in [6, 6.07) is 2.76. The van der Waals surface area contributed by atoms with Crippen LogP contribution in [0, 0.1) is 32.4 Å². The number of benzene rings is 1. The zero-order chi connectivity index (χ0) is 26.9. The first-order valence-corrected chi connectivity index (χ1v) is 10.5. The van der Waals surface area contributed by atoms with E-state index >= 15 is 0 Å². The zero-order valence-corrected chi connectivity index (χ0v) is 19.8. The molecule has 3 rings (SSSR count). The molecule has 1 aromatic carbocycles. The molecule has 192 valence electrons. The molecule has 0 saturated carbocycles. The molecule has 2 heterocycles. The second-order valence-corrected chi connectivity index (χ2v) is 7.67. The molecule has 0 aliphatic rings. The fraction of sp³-hybridized carbons (Fsp3) is 0.292. The molecule has 7 nitrogen and oxygen atoms in total. The molecule has 0 radical (unpaired) electrons. The van der Waals surface area contributed by atoms with Gasteiger partial charge in [-0.2, -0.15) is 13.2 Å². The van der Waals surface area contributed by atoms with Crippen molar-refractivity contribution in [1.82, 2.24) is 9.97 Å². The van der Waals surface area contributed by atoms with Crippen molar-refractivity contribution in [2.75, 3.05) is 13.7 Å². The Balaban J connectivity index is 2.40. The monoisotopic (exact) mass is 512 g/mol. The van der Waals surface area contributed by atoms with Gasteiger partial charge in [-0.1, -0.05) is 0 Å². The fourth-order valence-corrected chi connectivity index (χ4v) is 3.54. The quantitative estimate of drug-likeness (QED) is 0.340. The summed E-state index contributed by atoms with van der Waals surface area (Å²) in [6.45, 7) is 5.14. The number of nitrogens with zero attached hydrogens (tertiary/aromatic N) is 1. The van der Waals surface area contributed by atoms with Gasteiger partial charge in [0.1, 0.15) is 11.3 Å². The van der Waals surface area contributed by atoms with E-state index in [2.05, 4.69) is 9.97 Å². The predicted molar refractivity (Wildman–Crippen MR) is 118 cm³/mol. The normalized spacial score (nSPS) is 11.4. The highest BCUT2D eigenvalue weighted by Gasteiger charge is 2.37. The van der Waals surface area contributed by atoms with Crippen molar-refractivity contribution in [3.63, 3.8) is 0 Å². The van der Waals surface area contributed by atoms with Crippen LogP contribution in [-0.4, -0.2) is 29.7 Å². The van der Waals surface area contributed by atoms with Crippen LogP contribution in [0.5, 0.6) is 17.4 Å². The number of rotatable bonds is 6. The molecule has 2 aromatic heterocycles. The molecule has 0 aliphatic heterocycles. The lowest BCUT2D eigenvalue weighted by atomic mass is 10.0. The zero-order valence-electron chi connectivity index (χ0n) is 19.8. The largest absolute Gasteiger partial charge is 0.491 e. The first-order chi connectivity index (χ1) is 16.8. The van der Waals surface area contributed by atoms with Crippen LogP contribution in [0.1, 0.15) is 39.8 Å². The van der Waals surface area contributed by atoms with Crippen LogP contribution in [0.3, 0.4) is 0 Å². The van der Waals surface area contributed by atoms with Gasteiger partial charge in [-0.15, -0.1) is 0 Å². The predicted octanol–water partition coefficient (Wildman–Crippen LogP) is 5.64. The topological polar surface area (TPSA) is 90.5 Å². The number of aromatic amines is 1. The third-order valence-electron chi connectivity index (χ3n) is 5.23. The van der Waals surface area contributed by atoms with Gasteiger partial charge in [-0.25, -0.2) is 18.6 Å². The number of hydrogen-bond donors (Lipinski definition) is 1. The number of aryl methyl sites for hydroxylation is 2. The number of pyridine rings is 2. The summed E-state index contributed by atoms with van der Waals surface area (Å²) in [6.07, 6.45) is -4.89. The first kappa shape index (κ1) is 26.6. The number of carbonyl (C=O) groups is 1. The van der Waals surface area contributed by atoms with Gasteiger partial charge in [0, 0.05) is 5.56 Å². The number of carbonyl (C=O) groups excluding carboxylic acids is 1. The number of H-pyrrole nitrogens is 1. The molecular formula is C24H21F5N2O5. The van der Waals surface area contributed by atoms with Gasteiger partial charge in [-0.3, -0.25) is 4.79 Å². The van der Waals surface area contributed by atoms with Crippen molar-refractivity contribution in [1.29, 1.82) is 0 Å². The Morgan fingerprint density at radius 3 is 2.39 bits per heavy atom. The highest BCUT2D eigenvalue weighted by Crippen LogP contribution is 2.40. The lowest BCUT2D eigenvalue weighted by molar-refractivity contribution is -0.141. The second-order valence-electron chi connectivity index (χ2n) is 7.67. The number of methoxy groups -OCH3 is 1. The molecule has 12 heteroatoms. The number of alkyl halides is 3. The maximum absolute atomic E-state index is 14.1. The van der Waals surface area contributed by atoms with Crippen LogP contribution >= 0.6 is 0 Å². The van der Waals surface area contributed by atoms with Gasteiger partial charge >= 0.3 is 12.1 Å².